The van der Waals surface area contributed by atoms with E-state index in [9.17, 15) is 14.4 Å². The number of imide groups is 1. The van der Waals surface area contributed by atoms with Gasteiger partial charge in [-0.05, 0) is 18.6 Å². The highest BCUT2D eigenvalue weighted by molar-refractivity contribution is 7.99. The molecule has 1 fully saturated rings. The van der Waals surface area contributed by atoms with Gasteiger partial charge in [-0.3, -0.25) is 14.9 Å². The van der Waals surface area contributed by atoms with Crippen LogP contribution in [0.15, 0.2) is 0 Å². The van der Waals surface area contributed by atoms with Gasteiger partial charge in [-0.25, -0.2) is 4.79 Å². The number of hydrogen-bond acceptors (Lipinski definition) is 4. The summed E-state index contributed by atoms with van der Waals surface area (Å²) in [4.78, 5) is 32.7. The fraction of sp³-hybridized carbons (Fsp3) is 0.700. The van der Waals surface area contributed by atoms with Crippen LogP contribution in [0.4, 0.5) is 4.79 Å². The summed E-state index contributed by atoms with van der Waals surface area (Å²) in [6.45, 7) is 0. The Kier molecular flexibility index (Phi) is 5.82. The lowest BCUT2D eigenvalue weighted by molar-refractivity contribution is -0.138. The van der Waals surface area contributed by atoms with E-state index in [1.807, 2.05) is 0 Å². The molecule has 1 rings (SSSR count). The van der Waals surface area contributed by atoms with Crippen LogP contribution in [0.5, 0.6) is 0 Å². The van der Waals surface area contributed by atoms with Crippen molar-refractivity contribution >= 4 is 29.7 Å². The molecular weight excluding hydrogens is 244 g/mol. The van der Waals surface area contributed by atoms with E-state index < -0.39 is 17.9 Å². The third-order valence-corrected chi connectivity index (χ3v) is 3.53. The molecule has 1 aliphatic heterocycles. The maximum atomic E-state index is 11.4. The lowest BCUT2D eigenvalue weighted by atomic mass is 10.2. The molecule has 7 heteroatoms. The van der Waals surface area contributed by atoms with E-state index in [0.717, 1.165) is 24.3 Å². The number of carboxylic acid groups (broad SMARTS) is 1. The Balaban J connectivity index is 2.19. The van der Waals surface area contributed by atoms with Gasteiger partial charge in [0.05, 0.1) is 6.42 Å². The molecule has 0 saturated carbocycles. The third-order valence-electron chi connectivity index (χ3n) is 2.31. The summed E-state index contributed by atoms with van der Waals surface area (Å²) < 4.78 is 0. The second-order valence-corrected chi connectivity index (χ2v) is 4.98. The highest BCUT2D eigenvalue weighted by Gasteiger charge is 2.17. The lowest BCUT2D eigenvalue weighted by Gasteiger charge is -2.22. The molecule has 96 valence electrons. The molecule has 1 unspecified atom stereocenters. The molecule has 1 atom stereocenters. The smallest absolute Gasteiger partial charge is 0.321 e. The van der Waals surface area contributed by atoms with Crippen molar-refractivity contribution < 1.29 is 19.5 Å². The monoisotopic (exact) mass is 260 g/mol. The van der Waals surface area contributed by atoms with Crippen LogP contribution in [0.3, 0.4) is 0 Å². The van der Waals surface area contributed by atoms with Crippen LogP contribution in [0.2, 0.25) is 0 Å². The molecule has 0 aromatic heterocycles. The molecule has 0 radical (unpaired) electrons. The van der Waals surface area contributed by atoms with Crippen molar-refractivity contribution in [1.82, 2.24) is 10.6 Å². The van der Waals surface area contributed by atoms with E-state index in [-0.39, 0.29) is 18.9 Å². The first-order valence-electron chi connectivity index (χ1n) is 5.48. The standard InChI is InChI=1S/C10H16N2O4S/c13-8(3-4-9(14)15)12-10(16)11-7-2-1-5-17-6-7/h7H,1-6H2,(H,14,15)(H2,11,12,13,16). The van der Waals surface area contributed by atoms with Gasteiger partial charge < -0.3 is 10.4 Å². The van der Waals surface area contributed by atoms with Crippen molar-refractivity contribution in [2.45, 2.75) is 31.7 Å². The number of thioether (sulfide) groups is 1. The van der Waals surface area contributed by atoms with Gasteiger partial charge in [0.1, 0.15) is 0 Å². The quantitative estimate of drug-likeness (QED) is 0.687. The first-order chi connectivity index (χ1) is 8.08. The number of carboxylic acids is 1. The number of amides is 3. The second kappa shape index (κ2) is 7.16. The van der Waals surface area contributed by atoms with Crippen LogP contribution in [0, 0.1) is 0 Å². The molecular formula is C10H16N2O4S. The number of rotatable bonds is 4. The van der Waals surface area contributed by atoms with Crippen LogP contribution in [0.25, 0.3) is 0 Å². The van der Waals surface area contributed by atoms with Crippen LogP contribution in [0.1, 0.15) is 25.7 Å². The number of carbonyl (C=O) groups is 3. The Hall–Kier alpha value is -1.24. The molecule has 3 N–H and O–H groups in total. The Bertz CT molecular complexity index is 303. The lowest BCUT2D eigenvalue weighted by Crippen LogP contribution is -2.46. The van der Waals surface area contributed by atoms with Gasteiger partial charge in [0.15, 0.2) is 0 Å². The van der Waals surface area contributed by atoms with Crippen molar-refractivity contribution in [3.05, 3.63) is 0 Å². The fourth-order valence-electron chi connectivity index (χ4n) is 1.49. The molecule has 0 aliphatic carbocycles. The van der Waals surface area contributed by atoms with Crippen molar-refractivity contribution in [1.29, 1.82) is 0 Å². The number of aliphatic carboxylic acids is 1. The first-order valence-corrected chi connectivity index (χ1v) is 6.63. The molecule has 0 bridgehead atoms. The summed E-state index contributed by atoms with van der Waals surface area (Å²) in [5.41, 5.74) is 0. The molecule has 0 aromatic rings. The summed E-state index contributed by atoms with van der Waals surface area (Å²) in [6.07, 6.45) is 1.53. The number of carbonyl (C=O) groups excluding carboxylic acids is 2. The molecule has 0 aromatic carbocycles. The van der Waals surface area contributed by atoms with E-state index in [1.165, 1.54) is 0 Å². The van der Waals surface area contributed by atoms with Crippen molar-refractivity contribution in [3.63, 3.8) is 0 Å². The Morgan fingerprint density at radius 2 is 2.06 bits per heavy atom. The highest BCUT2D eigenvalue weighted by Crippen LogP contribution is 2.16. The van der Waals surface area contributed by atoms with Gasteiger partial charge in [0.2, 0.25) is 5.91 Å². The predicted molar refractivity (Wildman–Crippen MR) is 63.9 cm³/mol. The summed E-state index contributed by atoms with van der Waals surface area (Å²) in [5, 5.41) is 13.2. The van der Waals surface area contributed by atoms with Crippen LogP contribution in [-0.2, 0) is 9.59 Å². The zero-order chi connectivity index (χ0) is 12.7. The number of urea groups is 1. The van der Waals surface area contributed by atoms with Gasteiger partial charge >= 0.3 is 12.0 Å². The van der Waals surface area contributed by atoms with Crippen molar-refractivity contribution in [2.75, 3.05) is 11.5 Å². The average molecular weight is 260 g/mol. The first kappa shape index (κ1) is 13.8. The second-order valence-electron chi connectivity index (χ2n) is 3.83. The van der Waals surface area contributed by atoms with Gasteiger partial charge in [-0.15, -0.1) is 0 Å². The van der Waals surface area contributed by atoms with Crippen LogP contribution >= 0.6 is 11.8 Å². The third kappa shape index (κ3) is 6.15. The molecule has 1 aliphatic rings. The van der Waals surface area contributed by atoms with Crippen LogP contribution in [-0.4, -0.2) is 40.6 Å². The summed E-state index contributed by atoms with van der Waals surface area (Å²) >= 11 is 1.77. The van der Waals surface area contributed by atoms with Gasteiger partial charge in [0.25, 0.3) is 0 Å². The largest absolute Gasteiger partial charge is 0.481 e. The van der Waals surface area contributed by atoms with E-state index >= 15 is 0 Å². The minimum atomic E-state index is -1.05. The number of hydrogen-bond donors (Lipinski definition) is 3. The number of nitrogens with one attached hydrogen (secondary N) is 2. The Labute approximate surface area is 104 Å². The molecule has 0 spiro atoms. The Morgan fingerprint density at radius 1 is 1.29 bits per heavy atom. The summed E-state index contributed by atoms with van der Waals surface area (Å²) in [6, 6.07) is -0.436. The zero-order valence-electron chi connectivity index (χ0n) is 9.40. The minimum absolute atomic E-state index is 0.0982. The SMILES string of the molecule is O=C(O)CCC(=O)NC(=O)NC1CCCSC1. The van der Waals surface area contributed by atoms with E-state index in [2.05, 4.69) is 10.6 Å². The predicted octanol–water partition coefficient (Wildman–Crippen LogP) is 0.573. The van der Waals surface area contributed by atoms with Gasteiger partial charge in [-0.2, -0.15) is 11.8 Å². The van der Waals surface area contributed by atoms with Crippen molar-refractivity contribution in [3.8, 4) is 0 Å². The van der Waals surface area contributed by atoms with Crippen LogP contribution < -0.4 is 10.6 Å². The van der Waals surface area contributed by atoms with E-state index in [4.69, 9.17) is 5.11 Å². The highest BCUT2D eigenvalue weighted by atomic mass is 32.2. The normalized spacial score (nSPS) is 19.4. The maximum Gasteiger partial charge on any atom is 0.321 e. The van der Waals surface area contributed by atoms with E-state index in [0.29, 0.717) is 0 Å². The molecule has 6 nitrogen and oxygen atoms in total. The Morgan fingerprint density at radius 3 is 2.65 bits per heavy atom. The zero-order valence-corrected chi connectivity index (χ0v) is 10.2. The molecule has 1 saturated heterocycles. The average Bonchev–Trinajstić information content (AvgIpc) is 2.27. The maximum absolute atomic E-state index is 11.4. The topological polar surface area (TPSA) is 95.5 Å². The molecule has 3 amide bonds. The molecule has 1 heterocycles. The summed E-state index contributed by atoms with van der Waals surface area (Å²) in [5.74, 6) is 0.353. The van der Waals surface area contributed by atoms with E-state index in [1.54, 1.807) is 11.8 Å². The van der Waals surface area contributed by atoms with Gasteiger partial charge in [-0.1, -0.05) is 0 Å². The summed E-state index contributed by atoms with van der Waals surface area (Å²) in [7, 11) is 0. The van der Waals surface area contributed by atoms with Crippen molar-refractivity contribution in [2.24, 2.45) is 0 Å². The minimum Gasteiger partial charge on any atom is -0.481 e. The van der Waals surface area contributed by atoms with Gasteiger partial charge in [0, 0.05) is 18.2 Å². The fourth-order valence-corrected chi connectivity index (χ4v) is 2.56. The molecule has 17 heavy (non-hydrogen) atoms.